The summed E-state index contributed by atoms with van der Waals surface area (Å²) < 4.78 is 0. The highest BCUT2D eigenvalue weighted by atomic mass is 32.1. The van der Waals surface area contributed by atoms with Gasteiger partial charge in [-0.25, -0.2) is 9.97 Å². The molecule has 1 aliphatic heterocycles. The Labute approximate surface area is 92.0 Å². The molecule has 5 heteroatoms. The molecule has 0 aliphatic carbocycles. The van der Waals surface area contributed by atoms with Crippen LogP contribution in [0.4, 0.5) is 0 Å². The number of rotatable bonds is 2. The van der Waals surface area contributed by atoms with Gasteiger partial charge >= 0.3 is 0 Å². The van der Waals surface area contributed by atoms with Crippen molar-refractivity contribution < 1.29 is 0 Å². The minimum absolute atomic E-state index is 0.893. The van der Waals surface area contributed by atoms with Crippen molar-refractivity contribution in [2.24, 2.45) is 0 Å². The third kappa shape index (κ3) is 1.80. The number of imidazole rings is 1. The molecule has 15 heavy (non-hydrogen) atoms. The van der Waals surface area contributed by atoms with E-state index in [4.69, 9.17) is 0 Å². The van der Waals surface area contributed by atoms with Gasteiger partial charge in [0.05, 0.1) is 12.2 Å². The second kappa shape index (κ2) is 3.75. The summed E-state index contributed by atoms with van der Waals surface area (Å²) in [5, 5.41) is 0. The van der Waals surface area contributed by atoms with Crippen molar-refractivity contribution in [3.63, 3.8) is 0 Å². The molecule has 3 rings (SSSR count). The first kappa shape index (κ1) is 9.06. The molecule has 0 saturated heterocycles. The van der Waals surface area contributed by atoms with E-state index in [9.17, 15) is 0 Å². The molecule has 0 unspecified atom stereocenters. The zero-order valence-electron chi connectivity index (χ0n) is 8.23. The lowest BCUT2D eigenvalue weighted by Gasteiger charge is -2.24. The molecule has 0 aromatic carbocycles. The molecule has 0 spiro atoms. The maximum atomic E-state index is 4.24. The summed E-state index contributed by atoms with van der Waals surface area (Å²) in [5.41, 5.74) is 4.19. The zero-order chi connectivity index (χ0) is 10.1. The van der Waals surface area contributed by atoms with Crippen LogP contribution < -0.4 is 0 Å². The highest BCUT2D eigenvalue weighted by molar-refractivity contribution is 7.09. The molecule has 2 aromatic rings. The molecule has 1 N–H and O–H groups in total. The Morgan fingerprint density at radius 1 is 1.60 bits per heavy atom. The van der Waals surface area contributed by atoms with Gasteiger partial charge in [-0.2, -0.15) is 0 Å². The predicted molar refractivity (Wildman–Crippen MR) is 57.4 cm³/mol. The molecule has 0 atom stereocenters. The van der Waals surface area contributed by atoms with E-state index in [1.807, 2.05) is 6.20 Å². The quantitative estimate of drug-likeness (QED) is 0.826. The number of nitrogens with zero attached hydrogens (tertiary/aromatic N) is 3. The van der Waals surface area contributed by atoms with Gasteiger partial charge in [0, 0.05) is 36.8 Å². The number of H-pyrrole nitrogens is 1. The molecule has 1 radical (unpaired) electrons. The van der Waals surface area contributed by atoms with Gasteiger partial charge in [0.25, 0.3) is 0 Å². The minimum atomic E-state index is 0.893. The lowest BCUT2D eigenvalue weighted by atomic mass is 10.2. The molecule has 77 valence electrons. The second-order valence-corrected chi connectivity index (χ2v) is 4.55. The third-order valence-corrected chi connectivity index (χ3v) is 3.43. The van der Waals surface area contributed by atoms with Gasteiger partial charge < -0.3 is 4.98 Å². The number of hydrogen-bond donors (Lipinski definition) is 1. The third-order valence-electron chi connectivity index (χ3n) is 2.63. The van der Waals surface area contributed by atoms with E-state index in [0.29, 0.717) is 0 Å². The summed E-state index contributed by atoms with van der Waals surface area (Å²) in [6.45, 7) is 2.94. The van der Waals surface area contributed by atoms with Gasteiger partial charge in [-0.15, -0.1) is 11.3 Å². The first-order chi connectivity index (χ1) is 7.42. The van der Waals surface area contributed by atoms with Crippen LogP contribution in [0.15, 0.2) is 12.4 Å². The first-order valence-corrected chi connectivity index (χ1v) is 5.79. The first-order valence-electron chi connectivity index (χ1n) is 4.97. The molecular formula is C10H11N4S. The van der Waals surface area contributed by atoms with Crippen LogP contribution in [-0.2, 0) is 19.5 Å². The van der Waals surface area contributed by atoms with Crippen LogP contribution in [-0.4, -0.2) is 26.4 Å². The van der Waals surface area contributed by atoms with Gasteiger partial charge in [-0.05, 0) is 0 Å². The maximum Gasteiger partial charge on any atom is 0.152 e. The molecule has 1 aliphatic rings. The van der Waals surface area contributed by atoms with E-state index < -0.39 is 0 Å². The summed E-state index contributed by atoms with van der Waals surface area (Å²) in [6, 6.07) is 0. The lowest BCUT2D eigenvalue weighted by molar-refractivity contribution is 0.241. The number of aromatic nitrogens is 3. The summed E-state index contributed by atoms with van der Waals surface area (Å²) in [6.07, 6.45) is 4.70. The fraction of sp³-hybridized carbons (Fsp3) is 0.400. The fourth-order valence-electron chi connectivity index (χ4n) is 1.85. The number of hydrogen-bond acceptors (Lipinski definition) is 4. The maximum absolute atomic E-state index is 4.24. The van der Waals surface area contributed by atoms with Crippen molar-refractivity contribution in [2.45, 2.75) is 19.5 Å². The van der Waals surface area contributed by atoms with Crippen LogP contribution in [0.5, 0.6) is 0 Å². The van der Waals surface area contributed by atoms with Gasteiger partial charge in [-0.1, -0.05) is 0 Å². The van der Waals surface area contributed by atoms with E-state index in [2.05, 4.69) is 25.4 Å². The van der Waals surface area contributed by atoms with Gasteiger partial charge in [0.15, 0.2) is 5.51 Å². The van der Waals surface area contributed by atoms with Crippen molar-refractivity contribution in [1.29, 1.82) is 0 Å². The highest BCUT2D eigenvalue weighted by Crippen LogP contribution is 2.21. The minimum Gasteiger partial charge on any atom is -0.348 e. The normalized spacial score (nSPS) is 16.5. The SMILES string of the molecule is [c]1nc2c(s1)CN(Cc1ncc[nH]1)CC2. The average Bonchev–Trinajstić information content (AvgIpc) is 2.87. The van der Waals surface area contributed by atoms with Crippen molar-refractivity contribution in [3.05, 3.63) is 34.3 Å². The largest absolute Gasteiger partial charge is 0.348 e. The van der Waals surface area contributed by atoms with Gasteiger partial charge in [0.2, 0.25) is 0 Å². The van der Waals surface area contributed by atoms with Crippen LogP contribution in [0.3, 0.4) is 0 Å². The van der Waals surface area contributed by atoms with Crippen molar-refractivity contribution in [2.75, 3.05) is 6.54 Å². The van der Waals surface area contributed by atoms with Crippen LogP contribution in [0.1, 0.15) is 16.4 Å². The number of thiazole rings is 1. The Bertz CT molecular complexity index is 434. The molecule has 0 amide bonds. The molecule has 0 bridgehead atoms. The van der Waals surface area contributed by atoms with Crippen LogP contribution in [0.2, 0.25) is 0 Å². The standard InChI is InChI=1S/C10H11N4S/c1-4-14(6-10-11-2-3-12-10)5-9-8(1)13-7-15-9/h2-3H,1,4-6H2,(H,11,12). The molecule has 3 heterocycles. The topological polar surface area (TPSA) is 44.8 Å². The molecule has 0 saturated carbocycles. The summed E-state index contributed by atoms with van der Waals surface area (Å²) in [7, 11) is 0. The highest BCUT2D eigenvalue weighted by Gasteiger charge is 2.18. The van der Waals surface area contributed by atoms with Crippen LogP contribution in [0.25, 0.3) is 0 Å². The molecule has 2 aromatic heterocycles. The molecule has 0 fully saturated rings. The Morgan fingerprint density at radius 3 is 3.47 bits per heavy atom. The van der Waals surface area contributed by atoms with Crippen LogP contribution >= 0.6 is 11.3 Å². The predicted octanol–water partition coefficient (Wildman–Crippen LogP) is 1.22. The molecule has 4 nitrogen and oxygen atoms in total. The number of aromatic amines is 1. The van der Waals surface area contributed by atoms with Gasteiger partial charge in [0.1, 0.15) is 5.82 Å². The zero-order valence-corrected chi connectivity index (χ0v) is 9.05. The van der Waals surface area contributed by atoms with Crippen molar-refractivity contribution in [1.82, 2.24) is 19.9 Å². The summed E-state index contributed by atoms with van der Waals surface area (Å²) in [4.78, 5) is 15.3. The fourth-order valence-corrected chi connectivity index (χ4v) is 2.63. The smallest absolute Gasteiger partial charge is 0.152 e. The Balaban J connectivity index is 1.71. The van der Waals surface area contributed by atoms with Crippen LogP contribution in [0, 0.1) is 5.51 Å². The number of nitrogens with one attached hydrogen (secondary N) is 1. The Hall–Kier alpha value is -1.20. The van der Waals surface area contributed by atoms with Gasteiger partial charge in [-0.3, -0.25) is 4.90 Å². The number of fused-ring (bicyclic) bond motifs is 1. The van der Waals surface area contributed by atoms with E-state index in [1.54, 1.807) is 17.5 Å². The van der Waals surface area contributed by atoms with E-state index >= 15 is 0 Å². The Morgan fingerprint density at radius 2 is 2.60 bits per heavy atom. The van der Waals surface area contributed by atoms with Crippen molar-refractivity contribution >= 4 is 11.3 Å². The summed E-state index contributed by atoms with van der Waals surface area (Å²) >= 11 is 1.63. The van der Waals surface area contributed by atoms with E-state index in [-0.39, 0.29) is 0 Å². The lowest BCUT2D eigenvalue weighted by Crippen LogP contribution is -2.29. The Kier molecular flexibility index (Phi) is 2.26. The average molecular weight is 219 g/mol. The summed E-state index contributed by atoms with van der Waals surface area (Å²) in [5.74, 6) is 1.03. The monoisotopic (exact) mass is 219 g/mol. The second-order valence-electron chi connectivity index (χ2n) is 3.67. The van der Waals surface area contributed by atoms with E-state index in [0.717, 1.165) is 31.9 Å². The van der Waals surface area contributed by atoms with Crippen molar-refractivity contribution in [3.8, 4) is 0 Å². The molecular weight excluding hydrogens is 208 g/mol. The van der Waals surface area contributed by atoms with E-state index in [1.165, 1.54) is 10.6 Å².